The Balaban J connectivity index is 1.35. The van der Waals surface area contributed by atoms with Gasteiger partial charge in [0.2, 0.25) is 0 Å². The molecule has 0 saturated carbocycles. The van der Waals surface area contributed by atoms with E-state index in [-0.39, 0.29) is 6.04 Å². The van der Waals surface area contributed by atoms with Gasteiger partial charge in [-0.15, -0.1) is 0 Å². The second kappa shape index (κ2) is 10.5. The molecule has 0 aliphatic carbocycles. The third kappa shape index (κ3) is 5.30. The van der Waals surface area contributed by atoms with E-state index >= 15 is 0 Å². The van der Waals surface area contributed by atoms with Gasteiger partial charge in [0.25, 0.3) is 0 Å². The normalized spacial score (nSPS) is 15.7. The topological polar surface area (TPSA) is 40.0 Å². The molecule has 1 aliphatic heterocycles. The van der Waals surface area contributed by atoms with Gasteiger partial charge < -0.3 is 0 Å². The van der Waals surface area contributed by atoms with Gasteiger partial charge >= 0.3 is 0 Å². The van der Waals surface area contributed by atoms with Crippen LogP contribution in [0.5, 0.6) is 0 Å². The first-order valence-corrected chi connectivity index (χ1v) is 11.4. The SMILES string of the molecule is C(=C\c1ccccc1)/C1=NN(c2ccc(/C=N/Nc3ccccc3)cc2)C(c2ccccc2)C1. The van der Waals surface area contributed by atoms with Crippen LogP contribution in [0.3, 0.4) is 0 Å². The number of para-hydroxylation sites is 1. The predicted octanol–water partition coefficient (Wildman–Crippen LogP) is 7.15. The largest absolute Gasteiger partial charge is 0.279 e. The van der Waals surface area contributed by atoms with Crippen LogP contribution >= 0.6 is 0 Å². The predicted molar refractivity (Wildman–Crippen MR) is 143 cm³/mol. The number of hydrogen-bond acceptors (Lipinski definition) is 4. The highest BCUT2D eigenvalue weighted by Crippen LogP contribution is 2.35. The van der Waals surface area contributed by atoms with Gasteiger partial charge in [0.15, 0.2) is 0 Å². The van der Waals surface area contributed by atoms with Gasteiger partial charge in [0.1, 0.15) is 0 Å². The average molecular weight is 443 g/mol. The van der Waals surface area contributed by atoms with E-state index < -0.39 is 0 Å². The summed E-state index contributed by atoms with van der Waals surface area (Å²) < 4.78 is 0. The van der Waals surface area contributed by atoms with Crippen molar-refractivity contribution in [2.75, 3.05) is 10.4 Å². The second-order valence-electron chi connectivity index (χ2n) is 8.14. The van der Waals surface area contributed by atoms with Gasteiger partial charge in [0.05, 0.1) is 29.3 Å². The summed E-state index contributed by atoms with van der Waals surface area (Å²) in [6, 6.07) is 39.3. The lowest BCUT2D eigenvalue weighted by molar-refractivity contribution is 0.709. The molecule has 5 rings (SSSR count). The molecule has 0 fully saturated rings. The van der Waals surface area contributed by atoms with E-state index in [2.05, 4.69) is 107 Å². The Bertz CT molecular complexity index is 1280. The summed E-state index contributed by atoms with van der Waals surface area (Å²) in [5, 5.41) is 11.4. The highest BCUT2D eigenvalue weighted by Gasteiger charge is 2.28. The monoisotopic (exact) mass is 442 g/mol. The van der Waals surface area contributed by atoms with Crippen molar-refractivity contribution < 1.29 is 0 Å². The summed E-state index contributed by atoms with van der Waals surface area (Å²) in [6.07, 6.45) is 6.94. The van der Waals surface area contributed by atoms with Crippen molar-refractivity contribution >= 4 is 29.4 Å². The van der Waals surface area contributed by atoms with Gasteiger partial charge in [-0.3, -0.25) is 10.4 Å². The lowest BCUT2D eigenvalue weighted by atomic mass is 10.0. The molecule has 4 aromatic rings. The lowest BCUT2D eigenvalue weighted by Gasteiger charge is -2.24. The Kier molecular flexibility index (Phi) is 6.58. The maximum absolute atomic E-state index is 4.98. The van der Waals surface area contributed by atoms with Crippen molar-refractivity contribution in [3.8, 4) is 0 Å². The molecule has 0 aromatic heterocycles. The summed E-state index contributed by atoms with van der Waals surface area (Å²) >= 11 is 0. The molecular formula is C30H26N4. The number of hydrazone groups is 2. The zero-order valence-corrected chi connectivity index (χ0v) is 18.8. The van der Waals surface area contributed by atoms with Crippen LogP contribution in [0.15, 0.2) is 132 Å². The molecule has 34 heavy (non-hydrogen) atoms. The molecule has 166 valence electrons. The van der Waals surface area contributed by atoms with Crippen LogP contribution in [-0.4, -0.2) is 11.9 Å². The maximum Gasteiger partial charge on any atom is 0.0831 e. The van der Waals surface area contributed by atoms with Gasteiger partial charge in [0, 0.05) is 6.42 Å². The van der Waals surface area contributed by atoms with Gasteiger partial charge in [-0.25, -0.2) is 0 Å². The molecule has 1 unspecified atom stereocenters. The highest BCUT2D eigenvalue weighted by molar-refractivity contribution is 6.01. The Morgan fingerprint density at radius 2 is 1.35 bits per heavy atom. The Hall–Kier alpha value is -4.44. The molecule has 4 nitrogen and oxygen atoms in total. The fraction of sp³-hybridized carbons (Fsp3) is 0.0667. The van der Waals surface area contributed by atoms with Crippen molar-refractivity contribution in [2.24, 2.45) is 10.2 Å². The molecular weight excluding hydrogens is 416 g/mol. The third-order valence-electron chi connectivity index (χ3n) is 5.72. The Morgan fingerprint density at radius 3 is 2.06 bits per heavy atom. The molecule has 0 radical (unpaired) electrons. The number of nitrogens with zero attached hydrogens (tertiary/aromatic N) is 3. The summed E-state index contributed by atoms with van der Waals surface area (Å²) in [7, 11) is 0. The number of rotatable bonds is 7. The lowest BCUT2D eigenvalue weighted by Crippen LogP contribution is -2.18. The number of nitrogens with one attached hydrogen (secondary N) is 1. The minimum absolute atomic E-state index is 0.163. The van der Waals surface area contributed by atoms with Gasteiger partial charge in [-0.1, -0.05) is 97.1 Å². The molecule has 1 aliphatic rings. The summed E-state index contributed by atoms with van der Waals surface area (Å²) in [5.74, 6) is 0. The minimum Gasteiger partial charge on any atom is -0.279 e. The number of benzene rings is 4. The van der Waals surface area contributed by atoms with Crippen LogP contribution in [0.25, 0.3) is 6.08 Å². The molecule has 0 saturated heterocycles. The molecule has 1 heterocycles. The second-order valence-corrected chi connectivity index (χ2v) is 8.14. The molecule has 0 amide bonds. The zero-order chi connectivity index (χ0) is 23.0. The van der Waals surface area contributed by atoms with E-state index in [4.69, 9.17) is 5.10 Å². The fourth-order valence-electron chi connectivity index (χ4n) is 3.97. The van der Waals surface area contributed by atoms with E-state index in [1.54, 1.807) is 0 Å². The van der Waals surface area contributed by atoms with E-state index in [0.29, 0.717) is 0 Å². The molecule has 0 bridgehead atoms. The van der Waals surface area contributed by atoms with Crippen LogP contribution in [-0.2, 0) is 0 Å². The van der Waals surface area contributed by atoms with Gasteiger partial charge in [-0.05, 0) is 47.0 Å². The van der Waals surface area contributed by atoms with Crippen molar-refractivity contribution in [1.29, 1.82) is 0 Å². The smallest absolute Gasteiger partial charge is 0.0831 e. The molecule has 0 spiro atoms. The van der Waals surface area contributed by atoms with E-state index in [1.807, 2.05) is 42.6 Å². The summed E-state index contributed by atoms with van der Waals surface area (Å²) in [5.41, 5.74) is 9.60. The first-order chi connectivity index (χ1) is 16.8. The van der Waals surface area contributed by atoms with Crippen molar-refractivity contribution in [3.63, 3.8) is 0 Å². The number of anilines is 2. The molecule has 1 atom stereocenters. The van der Waals surface area contributed by atoms with Crippen molar-refractivity contribution in [1.82, 2.24) is 0 Å². The molecule has 1 N–H and O–H groups in total. The highest BCUT2D eigenvalue weighted by atomic mass is 15.5. The number of hydrogen-bond donors (Lipinski definition) is 1. The van der Waals surface area contributed by atoms with E-state index in [0.717, 1.165) is 29.1 Å². The fourth-order valence-corrected chi connectivity index (χ4v) is 3.97. The van der Waals surface area contributed by atoms with Gasteiger partial charge in [-0.2, -0.15) is 10.2 Å². The first-order valence-electron chi connectivity index (χ1n) is 11.4. The van der Waals surface area contributed by atoms with E-state index in [9.17, 15) is 0 Å². The van der Waals surface area contributed by atoms with Crippen LogP contribution in [0.1, 0.15) is 29.2 Å². The van der Waals surface area contributed by atoms with E-state index in [1.165, 1.54) is 11.1 Å². The van der Waals surface area contributed by atoms with Crippen LogP contribution in [0.2, 0.25) is 0 Å². The maximum atomic E-state index is 4.98. The van der Waals surface area contributed by atoms with Crippen LogP contribution in [0.4, 0.5) is 11.4 Å². The summed E-state index contributed by atoms with van der Waals surface area (Å²) in [4.78, 5) is 0. The quantitative estimate of drug-likeness (QED) is 0.244. The van der Waals surface area contributed by atoms with Crippen LogP contribution < -0.4 is 10.4 Å². The molecule has 4 heteroatoms. The van der Waals surface area contributed by atoms with Crippen molar-refractivity contribution in [3.05, 3.63) is 138 Å². The van der Waals surface area contributed by atoms with Crippen LogP contribution in [0, 0.1) is 0 Å². The van der Waals surface area contributed by atoms with Crippen molar-refractivity contribution in [2.45, 2.75) is 12.5 Å². The third-order valence-corrected chi connectivity index (χ3v) is 5.72. The standard InChI is InChI=1S/C30H26N4/c1-4-10-24(11-5-1)16-19-28-22-30(26-12-6-2-7-13-26)34(33-28)29-20-17-25(18-21-29)23-31-32-27-14-8-3-9-15-27/h1-21,23,30,32H,22H2/b19-16+,31-23+. The first kappa shape index (κ1) is 21.4. The molecule has 4 aromatic carbocycles. The average Bonchev–Trinajstić information content (AvgIpc) is 3.34. The zero-order valence-electron chi connectivity index (χ0n) is 18.8. The Morgan fingerprint density at radius 1 is 0.706 bits per heavy atom. The number of allylic oxidation sites excluding steroid dienone is 1. The summed E-state index contributed by atoms with van der Waals surface area (Å²) in [6.45, 7) is 0. The minimum atomic E-state index is 0.163. The Labute approximate surface area is 200 Å².